The van der Waals surface area contributed by atoms with Crippen molar-refractivity contribution >= 4 is 23.5 Å². The Bertz CT molecular complexity index is 887. The van der Waals surface area contributed by atoms with Crippen molar-refractivity contribution in [2.24, 2.45) is 0 Å². The molecule has 3 rings (SSSR count). The summed E-state index contributed by atoms with van der Waals surface area (Å²) in [6, 6.07) is 7.18. The quantitative estimate of drug-likeness (QED) is 0.766. The van der Waals surface area contributed by atoms with E-state index < -0.39 is 17.6 Å². The van der Waals surface area contributed by atoms with Crippen LogP contribution in [-0.2, 0) is 0 Å². The lowest BCUT2D eigenvalue weighted by molar-refractivity contribution is 0.0990. The van der Waals surface area contributed by atoms with Crippen LogP contribution < -0.4 is 10.6 Å². The molecule has 7 nitrogen and oxygen atoms in total. The number of hydrogen-bond donors (Lipinski definition) is 2. The highest BCUT2D eigenvalue weighted by molar-refractivity contribution is 6.04. The van der Waals surface area contributed by atoms with Crippen LogP contribution in [0.25, 0.3) is 0 Å². The molecule has 0 aliphatic heterocycles. The maximum absolute atomic E-state index is 13.5. The number of rotatable bonds is 4. The molecule has 2 aromatic heterocycles. The number of nitrogens with one attached hydrogen (secondary N) is 2. The molecule has 1 aromatic carbocycles. The smallest absolute Gasteiger partial charge is 0.302 e. The molecular formula is C16H12FN3O4. The molecule has 0 saturated carbocycles. The Labute approximate surface area is 135 Å². The van der Waals surface area contributed by atoms with Gasteiger partial charge in [-0.05, 0) is 36.8 Å². The second-order valence-corrected chi connectivity index (χ2v) is 4.89. The Balaban J connectivity index is 1.67. The van der Waals surface area contributed by atoms with Gasteiger partial charge in [0.2, 0.25) is 0 Å². The number of anilines is 2. The van der Waals surface area contributed by atoms with E-state index in [4.69, 9.17) is 8.83 Å². The third kappa shape index (κ3) is 3.32. The highest BCUT2D eigenvalue weighted by Gasteiger charge is 2.16. The van der Waals surface area contributed by atoms with Crippen molar-refractivity contribution in [2.45, 2.75) is 6.92 Å². The van der Waals surface area contributed by atoms with Crippen LogP contribution in [0, 0.1) is 12.7 Å². The minimum atomic E-state index is -0.597. The van der Waals surface area contributed by atoms with E-state index in [0.717, 1.165) is 6.26 Å². The summed E-state index contributed by atoms with van der Waals surface area (Å²) in [6.45, 7) is 1.62. The van der Waals surface area contributed by atoms with E-state index in [-0.39, 0.29) is 23.2 Å². The van der Waals surface area contributed by atoms with Crippen molar-refractivity contribution < 1.29 is 22.8 Å². The van der Waals surface area contributed by atoms with Crippen molar-refractivity contribution in [3.63, 3.8) is 0 Å². The van der Waals surface area contributed by atoms with Crippen molar-refractivity contribution in [3.8, 4) is 0 Å². The number of hydrogen-bond acceptors (Lipinski definition) is 5. The maximum Gasteiger partial charge on any atom is 0.302 e. The van der Waals surface area contributed by atoms with Crippen molar-refractivity contribution in [1.29, 1.82) is 0 Å². The first kappa shape index (κ1) is 15.5. The summed E-state index contributed by atoms with van der Waals surface area (Å²) in [6.07, 6.45) is 2.43. The van der Waals surface area contributed by atoms with Crippen LogP contribution in [0.1, 0.15) is 26.6 Å². The van der Waals surface area contributed by atoms with E-state index in [2.05, 4.69) is 15.6 Å². The van der Waals surface area contributed by atoms with Crippen molar-refractivity contribution in [1.82, 2.24) is 4.98 Å². The number of aryl methyl sites for hydroxylation is 1. The zero-order valence-corrected chi connectivity index (χ0v) is 12.5. The van der Waals surface area contributed by atoms with Gasteiger partial charge in [-0.2, -0.15) is 4.98 Å². The SMILES string of the molecule is Cc1ccc(NC(=O)c2coc(NC(=O)c3ccco3)n2)cc1F. The van der Waals surface area contributed by atoms with Crippen LogP contribution in [0.3, 0.4) is 0 Å². The summed E-state index contributed by atoms with van der Waals surface area (Å²) in [7, 11) is 0. The lowest BCUT2D eigenvalue weighted by Gasteiger charge is -2.04. The first-order chi connectivity index (χ1) is 11.5. The molecule has 0 spiro atoms. The van der Waals surface area contributed by atoms with Gasteiger partial charge in [0.1, 0.15) is 12.1 Å². The van der Waals surface area contributed by atoms with E-state index in [1.807, 2.05) is 0 Å². The number of amides is 2. The van der Waals surface area contributed by atoms with Crippen LogP contribution in [0.4, 0.5) is 16.1 Å². The lowest BCUT2D eigenvalue weighted by atomic mass is 10.2. The number of carbonyl (C=O) groups is 2. The van der Waals surface area contributed by atoms with Crippen LogP contribution in [0.2, 0.25) is 0 Å². The van der Waals surface area contributed by atoms with Crippen LogP contribution in [-0.4, -0.2) is 16.8 Å². The van der Waals surface area contributed by atoms with Gasteiger partial charge in [0.05, 0.1) is 6.26 Å². The molecule has 2 N–H and O–H groups in total. The zero-order valence-electron chi connectivity index (χ0n) is 12.5. The van der Waals surface area contributed by atoms with Crippen molar-refractivity contribution in [2.75, 3.05) is 10.6 Å². The van der Waals surface area contributed by atoms with E-state index in [9.17, 15) is 14.0 Å². The second kappa shape index (κ2) is 6.37. The molecular weight excluding hydrogens is 317 g/mol. The maximum atomic E-state index is 13.5. The Morgan fingerprint density at radius 2 is 1.96 bits per heavy atom. The molecule has 0 radical (unpaired) electrons. The Hall–Kier alpha value is -3.42. The number of nitrogens with zero attached hydrogens (tertiary/aromatic N) is 1. The molecule has 0 bridgehead atoms. The van der Waals surface area contributed by atoms with Crippen molar-refractivity contribution in [3.05, 3.63) is 65.7 Å². The third-order valence-corrected chi connectivity index (χ3v) is 3.13. The molecule has 24 heavy (non-hydrogen) atoms. The summed E-state index contributed by atoms with van der Waals surface area (Å²) < 4.78 is 23.4. The fraction of sp³-hybridized carbons (Fsp3) is 0.0625. The third-order valence-electron chi connectivity index (χ3n) is 3.13. The highest BCUT2D eigenvalue weighted by Crippen LogP contribution is 2.16. The van der Waals surface area contributed by atoms with Gasteiger partial charge in [-0.15, -0.1) is 0 Å². The number of carbonyl (C=O) groups excluding carboxylic acids is 2. The first-order valence-electron chi connectivity index (χ1n) is 6.91. The normalized spacial score (nSPS) is 10.4. The topological polar surface area (TPSA) is 97.4 Å². The number of halogens is 1. The van der Waals surface area contributed by atoms with Gasteiger partial charge in [-0.25, -0.2) is 4.39 Å². The summed E-state index contributed by atoms with van der Waals surface area (Å²) in [5.41, 5.74) is 0.690. The molecule has 122 valence electrons. The van der Waals surface area contributed by atoms with E-state index in [0.29, 0.717) is 5.56 Å². The summed E-state index contributed by atoms with van der Waals surface area (Å²) in [5, 5.41) is 4.84. The second-order valence-electron chi connectivity index (χ2n) is 4.89. The fourth-order valence-electron chi connectivity index (χ4n) is 1.87. The molecule has 3 aromatic rings. The van der Waals surface area contributed by atoms with Gasteiger partial charge in [0.15, 0.2) is 11.5 Å². The lowest BCUT2D eigenvalue weighted by Crippen LogP contribution is -2.14. The minimum absolute atomic E-state index is 0.0641. The minimum Gasteiger partial charge on any atom is -0.459 e. The number of furan rings is 1. The van der Waals surface area contributed by atoms with E-state index >= 15 is 0 Å². The fourth-order valence-corrected chi connectivity index (χ4v) is 1.87. The molecule has 0 fully saturated rings. The largest absolute Gasteiger partial charge is 0.459 e. The van der Waals surface area contributed by atoms with Crippen LogP contribution in [0.5, 0.6) is 0 Å². The zero-order chi connectivity index (χ0) is 17.1. The Morgan fingerprint density at radius 1 is 1.12 bits per heavy atom. The van der Waals surface area contributed by atoms with E-state index in [1.165, 1.54) is 18.4 Å². The molecule has 8 heteroatoms. The number of benzene rings is 1. The summed E-state index contributed by atoms with van der Waals surface area (Å²) in [4.78, 5) is 27.7. The number of aromatic nitrogens is 1. The molecule has 2 heterocycles. The van der Waals surface area contributed by atoms with E-state index in [1.54, 1.807) is 25.1 Å². The predicted molar refractivity (Wildman–Crippen MR) is 82.3 cm³/mol. The molecule has 0 unspecified atom stereocenters. The van der Waals surface area contributed by atoms with Gasteiger partial charge < -0.3 is 14.2 Å². The van der Waals surface area contributed by atoms with Crippen LogP contribution >= 0.6 is 0 Å². The van der Waals surface area contributed by atoms with Gasteiger partial charge in [-0.3, -0.25) is 14.9 Å². The summed E-state index contributed by atoms with van der Waals surface area (Å²) in [5.74, 6) is -1.51. The predicted octanol–water partition coefficient (Wildman–Crippen LogP) is 3.22. The Kier molecular flexibility index (Phi) is 4.11. The average Bonchev–Trinajstić information content (AvgIpc) is 3.22. The van der Waals surface area contributed by atoms with Gasteiger partial charge in [0.25, 0.3) is 11.8 Å². The van der Waals surface area contributed by atoms with Gasteiger partial charge in [-0.1, -0.05) is 6.07 Å². The van der Waals surface area contributed by atoms with Crippen LogP contribution in [0.15, 0.2) is 51.7 Å². The molecule has 0 aliphatic carbocycles. The monoisotopic (exact) mass is 329 g/mol. The average molecular weight is 329 g/mol. The Morgan fingerprint density at radius 3 is 2.67 bits per heavy atom. The van der Waals surface area contributed by atoms with Gasteiger partial charge >= 0.3 is 6.01 Å². The standard InChI is InChI=1S/C16H12FN3O4/c1-9-4-5-10(7-11(9)17)18-14(21)12-8-24-16(19-12)20-15(22)13-3-2-6-23-13/h2-8H,1H3,(H,18,21)(H,19,20,22). The highest BCUT2D eigenvalue weighted by atomic mass is 19.1. The molecule has 0 saturated heterocycles. The number of oxazole rings is 1. The summed E-state index contributed by atoms with van der Waals surface area (Å²) >= 11 is 0. The molecule has 2 amide bonds. The molecule has 0 aliphatic rings. The van der Waals surface area contributed by atoms with Gasteiger partial charge in [0, 0.05) is 5.69 Å². The molecule has 0 atom stereocenters. The first-order valence-corrected chi connectivity index (χ1v) is 6.91.